The molecule has 0 bridgehead atoms. The molecule has 1 aliphatic rings. The Kier molecular flexibility index (Phi) is 3.87. The van der Waals surface area contributed by atoms with Gasteiger partial charge in [0.15, 0.2) is 5.69 Å². The van der Waals surface area contributed by atoms with Crippen molar-refractivity contribution >= 4 is 11.6 Å². The number of hydrogen-bond acceptors (Lipinski definition) is 2. The standard InChI is InChI=1S/C18H14ClF3N2O/c19-13-7-3-6-12(15-9-4-10-25-15)16(13)24-14-8-2-1-5-11(14)17(23-24)18(20,21)22/h3-4,6-7,9-10H,1-2,5,8H2. The predicted molar refractivity (Wildman–Crippen MR) is 87.9 cm³/mol. The summed E-state index contributed by atoms with van der Waals surface area (Å²) in [6.07, 6.45) is -0.490. The first-order chi connectivity index (χ1) is 12.0. The molecule has 0 spiro atoms. The zero-order chi connectivity index (χ0) is 17.6. The molecular formula is C18H14ClF3N2O. The fraction of sp³-hybridized carbons (Fsp3) is 0.278. The van der Waals surface area contributed by atoms with E-state index in [0.717, 1.165) is 12.8 Å². The minimum Gasteiger partial charge on any atom is -0.464 e. The van der Waals surface area contributed by atoms with Crippen molar-refractivity contribution in [2.75, 3.05) is 0 Å². The second-order valence-electron chi connectivity index (χ2n) is 6.00. The molecule has 25 heavy (non-hydrogen) atoms. The Morgan fingerprint density at radius 2 is 1.88 bits per heavy atom. The first kappa shape index (κ1) is 16.3. The molecule has 0 atom stereocenters. The van der Waals surface area contributed by atoms with E-state index in [4.69, 9.17) is 16.0 Å². The molecule has 3 aromatic rings. The summed E-state index contributed by atoms with van der Waals surface area (Å²) in [7, 11) is 0. The molecule has 0 saturated heterocycles. The lowest BCUT2D eigenvalue weighted by Crippen LogP contribution is -2.11. The molecule has 4 rings (SSSR count). The molecule has 0 radical (unpaired) electrons. The Bertz CT molecular complexity index is 913. The lowest BCUT2D eigenvalue weighted by atomic mass is 9.95. The third-order valence-electron chi connectivity index (χ3n) is 4.43. The number of para-hydroxylation sites is 1. The number of fused-ring (bicyclic) bond motifs is 1. The minimum atomic E-state index is -4.49. The normalized spacial score (nSPS) is 14.6. The monoisotopic (exact) mass is 366 g/mol. The number of alkyl halides is 3. The maximum Gasteiger partial charge on any atom is 0.435 e. The Morgan fingerprint density at radius 3 is 2.60 bits per heavy atom. The minimum absolute atomic E-state index is 0.282. The second kappa shape index (κ2) is 5.95. The second-order valence-corrected chi connectivity index (χ2v) is 6.41. The fourth-order valence-electron chi connectivity index (χ4n) is 3.37. The van der Waals surface area contributed by atoms with Crippen LogP contribution in [0.5, 0.6) is 0 Å². The molecule has 2 aromatic heterocycles. The van der Waals surface area contributed by atoms with Crippen LogP contribution in [0.3, 0.4) is 0 Å². The van der Waals surface area contributed by atoms with Gasteiger partial charge in [0.05, 0.1) is 17.0 Å². The van der Waals surface area contributed by atoms with Crippen LogP contribution in [-0.4, -0.2) is 9.78 Å². The van der Waals surface area contributed by atoms with Crippen LogP contribution in [0.25, 0.3) is 17.0 Å². The molecule has 0 unspecified atom stereocenters. The highest BCUT2D eigenvalue weighted by Gasteiger charge is 2.40. The molecular weight excluding hydrogens is 353 g/mol. The van der Waals surface area contributed by atoms with Crippen molar-refractivity contribution in [3.05, 3.63) is 58.6 Å². The number of benzene rings is 1. The van der Waals surface area contributed by atoms with E-state index in [1.165, 1.54) is 10.9 Å². The van der Waals surface area contributed by atoms with Gasteiger partial charge in [-0.2, -0.15) is 18.3 Å². The number of halogens is 4. The van der Waals surface area contributed by atoms with Gasteiger partial charge in [0.1, 0.15) is 5.76 Å². The Labute approximate surface area is 147 Å². The SMILES string of the molecule is FC(F)(F)c1nn(-c2c(Cl)cccc2-c2ccco2)c2c1CCCC2. The summed E-state index contributed by atoms with van der Waals surface area (Å²) >= 11 is 6.36. The van der Waals surface area contributed by atoms with Crippen molar-refractivity contribution in [2.45, 2.75) is 31.9 Å². The molecule has 130 valence electrons. The van der Waals surface area contributed by atoms with E-state index in [0.29, 0.717) is 40.6 Å². The van der Waals surface area contributed by atoms with E-state index in [1.807, 2.05) is 0 Å². The van der Waals surface area contributed by atoms with Crippen LogP contribution >= 0.6 is 11.6 Å². The first-order valence-electron chi connectivity index (χ1n) is 7.97. The third kappa shape index (κ3) is 2.74. The molecule has 1 aromatic carbocycles. The highest BCUT2D eigenvalue weighted by molar-refractivity contribution is 6.33. The van der Waals surface area contributed by atoms with Crippen LogP contribution in [0.2, 0.25) is 5.02 Å². The summed E-state index contributed by atoms with van der Waals surface area (Å²) in [6.45, 7) is 0. The Morgan fingerprint density at radius 1 is 1.08 bits per heavy atom. The van der Waals surface area contributed by atoms with Crippen LogP contribution < -0.4 is 0 Å². The van der Waals surface area contributed by atoms with E-state index in [1.54, 1.807) is 30.3 Å². The highest BCUT2D eigenvalue weighted by atomic mass is 35.5. The van der Waals surface area contributed by atoms with E-state index in [2.05, 4.69) is 5.10 Å². The fourth-order valence-corrected chi connectivity index (χ4v) is 3.63. The molecule has 2 heterocycles. The van der Waals surface area contributed by atoms with Gasteiger partial charge in [-0.25, -0.2) is 4.68 Å². The van der Waals surface area contributed by atoms with Gasteiger partial charge in [-0.1, -0.05) is 17.7 Å². The molecule has 7 heteroatoms. The van der Waals surface area contributed by atoms with Crippen LogP contribution in [0.4, 0.5) is 13.2 Å². The van der Waals surface area contributed by atoms with Crippen LogP contribution in [0.1, 0.15) is 29.8 Å². The lowest BCUT2D eigenvalue weighted by molar-refractivity contribution is -0.142. The van der Waals surface area contributed by atoms with Gasteiger partial charge < -0.3 is 4.42 Å². The predicted octanol–water partition coefficient (Wildman–Crippen LogP) is 5.68. The summed E-state index contributed by atoms with van der Waals surface area (Å²) in [5.41, 5.74) is 1.09. The van der Waals surface area contributed by atoms with Gasteiger partial charge in [-0.05, 0) is 49.9 Å². The first-order valence-corrected chi connectivity index (χ1v) is 8.35. The number of rotatable bonds is 2. The van der Waals surface area contributed by atoms with Crippen LogP contribution in [0.15, 0.2) is 41.0 Å². The van der Waals surface area contributed by atoms with E-state index >= 15 is 0 Å². The smallest absolute Gasteiger partial charge is 0.435 e. The molecule has 0 amide bonds. The third-order valence-corrected chi connectivity index (χ3v) is 4.74. The maximum atomic E-state index is 13.5. The number of nitrogens with zero attached hydrogens (tertiary/aromatic N) is 2. The van der Waals surface area contributed by atoms with Gasteiger partial charge >= 0.3 is 6.18 Å². The topological polar surface area (TPSA) is 31.0 Å². The molecule has 0 N–H and O–H groups in total. The average Bonchev–Trinajstić information content (AvgIpc) is 3.22. The summed E-state index contributed by atoms with van der Waals surface area (Å²) in [4.78, 5) is 0. The molecule has 1 aliphatic carbocycles. The number of aromatic nitrogens is 2. The van der Waals surface area contributed by atoms with Crippen LogP contribution in [0, 0.1) is 0 Å². The molecule has 0 fully saturated rings. The Balaban J connectivity index is 1.99. The summed E-state index contributed by atoms with van der Waals surface area (Å²) < 4.78 is 47.1. The van der Waals surface area contributed by atoms with Gasteiger partial charge in [0.2, 0.25) is 0 Å². The molecule has 3 nitrogen and oxygen atoms in total. The van der Waals surface area contributed by atoms with Gasteiger partial charge in [0.25, 0.3) is 0 Å². The summed E-state index contributed by atoms with van der Waals surface area (Å²) in [5, 5.41) is 4.26. The molecule has 0 aliphatic heterocycles. The number of furan rings is 1. The zero-order valence-corrected chi connectivity index (χ0v) is 13.9. The van der Waals surface area contributed by atoms with Crippen LogP contribution in [-0.2, 0) is 19.0 Å². The van der Waals surface area contributed by atoms with Crippen molar-refractivity contribution in [3.8, 4) is 17.0 Å². The van der Waals surface area contributed by atoms with Gasteiger partial charge in [-0.15, -0.1) is 0 Å². The largest absolute Gasteiger partial charge is 0.464 e. The van der Waals surface area contributed by atoms with E-state index in [-0.39, 0.29) is 5.56 Å². The quantitative estimate of drug-likeness (QED) is 0.584. The average molecular weight is 367 g/mol. The van der Waals surface area contributed by atoms with Gasteiger partial charge in [0, 0.05) is 16.8 Å². The molecule has 0 saturated carbocycles. The lowest BCUT2D eigenvalue weighted by Gasteiger charge is -2.17. The summed E-state index contributed by atoms with van der Waals surface area (Å²) in [6, 6.07) is 8.62. The number of hydrogen-bond donors (Lipinski definition) is 0. The van der Waals surface area contributed by atoms with Crippen molar-refractivity contribution in [1.82, 2.24) is 9.78 Å². The van der Waals surface area contributed by atoms with E-state index in [9.17, 15) is 13.2 Å². The van der Waals surface area contributed by atoms with Crippen molar-refractivity contribution in [1.29, 1.82) is 0 Å². The van der Waals surface area contributed by atoms with Crippen molar-refractivity contribution < 1.29 is 17.6 Å². The summed E-state index contributed by atoms with van der Waals surface area (Å²) in [5.74, 6) is 0.533. The van der Waals surface area contributed by atoms with Gasteiger partial charge in [-0.3, -0.25) is 0 Å². The maximum absolute atomic E-state index is 13.5. The Hall–Kier alpha value is -2.21. The highest BCUT2D eigenvalue weighted by Crippen LogP contribution is 2.40. The van der Waals surface area contributed by atoms with Crippen molar-refractivity contribution in [2.24, 2.45) is 0 Å². The zero-order valence-electron chi connectivity index (χ0n) is 13.1. The van der Waals surface area contributed by atoms with E-state index < -0.39 is 11.9 Å². The van der Waals surface area contributed by atoms with Crippen molar-refractivity contribution in [3.63, 3.8) is 0 Å².